The molecule has 2 saturated carbocycles. The van der Waals surface area contributed by atoms with Gasteiger partial charge in [0.2, 0.25) is 0 Å². The summed E-state index contributed by atoms with van der Waals surface area (Å²) in [6.07, 6.45) is 0.373. The summed E-state index contributed by atoms with van der Waals surface area (Å²) in [7, 11) is 1.71. The van der Waals surface area contributed by atoms with Crippen LogP contribution in [0.3, 0.4) is 0 Å². The Bertz CT molecular complexity index is 1300. The van der Waals surface area contributed by atoms with Crippen LogP contribution in [0.2, 0.25) is 5.02 Å². The average Bonchev–Trinajstić information content (AvgIpc) is 3.47. The molecule has 1 aromatic carbocycles. The van der Waals surface area contributed by atoms with Gasteiger partial charge in [0.25, 0.3) is 5.91 Å². The van der Waals surface area contributed by atoms with E-state index in [0.29, 0.717) is 55.2 Å². The van der Waals surface area contributed by atoms with Gasteiger partial charge >= 0.3 is 6.18 Å². The van der Waals surface area contributed by atoms with Crippen LogP contribution in [0.15, 0.2) is 36.9 Å². The second-order valence-electron chi connectivity index (χ2n) is 9.59. The van der Waals surface area contributed by atoms with Crippen molar-refractivity contribution in [1.82, 2.24) is 19.5 Å². The molecule has 2 aliphatic rings. The monoisotopic (exact) mass is 523 g/mol. The van der Waals surface area contributed by atoms with Crippen molar-refractivity contribution >= 4 is 23.2 Å². The third-order valence-corrected chi connectivity index (χ3v) is 7.47. The Balaban J connectivity index is 1.30. The van der Waals surface area contributed by atoms with Gasteiger partial charge in [0, 0.05) is 31.0 Å². The summed E-state index contributed by atoms with van der Waals surface area (Å²) in [6, 6.07) is 3.91. The lowest BCUT2D eigenvalue weighted by Gasteiger charge is -2.23. The summed E-state index contributed by atoms with van der Waals surface area (Å²) in [5.74, 6) is -0.858. The summed E-state index contributed by atoms with van der Waals surface area (Å²) in [5.41, 5.74) is -0.995. The fourth-order valence-electron chi connectivity index (χ4n) is 5.57. The standard InChI is InChI=1S/C24H22ClF4N5O2/c1-34-11-32-19(20(34)21(35)33-16-2-3-18(26)17(25)6-16)12-4-13-7-23(36,8-14(13)5-12)22-30-9-15(10-31-22)24(27,28)29/h2-3,6,9-14,36H,4-5,7-8H2,1H3,(H,33,35). The molecule has 2 aliphatic carbocycles. The number of carbonyl (C=O) groups is 1. The van der Waals surface area contributed by atoms with E-state index in [2.05, 4.69) is 20.3 Å². The van der Waals surface area contributed by atoms with Gasteiger partial charge < -0.3 is 15.0 Å². The molecule has 5 rings (SSSR count). The third kappa shape index (κ3) is 4.45. The quantitative estimate of drug-likeness (QED) is 0.466. The van der Waals surface area contributed by atoms with E-state index in [1.807, 2.05) is 0 Å². The molecule has 0 radical (unpaired) electrons. The maximum atomic E-state index is 13.5. The Morgan fingerprint density at radius 3 is 2.39 bits per heavy atom. The molecule has 2 N–H and O–H groups in total. The first-order valence-electron chi connectivity index (χ1n) is 11.3. The highest BCUT2D eigenvalue weighted by atomic mass is 35.5. The average molecular weight is 524 g/mol. The zero-order valence-electron chi connectivity index (χ0n) is 19.1. The molecule has 190 valence electrons. The number of aromatic nitrogens is 4. The molecule has 36 heavy (non-hydrogen) atoms. The van der Waals surface area contributed by atoms with Crippen LogP contribution in [0.1, 0.15) is 59.2 Å². The minimum atomic E-state index is -4.55. The number of carbonyl (C=O) groups excluding carboxylic acids is 1. The van der Waals surface area contributed by atoms with Gasteiger partial charge in [-0.3, -0.25) is 4.79 Å². The van der Waals surface area contributed by atoms with Gasteiger partial charge in [-0.2, -0.15) is 13.2 Å². The lowest BCUT2D eigenvalue weighted by molar-refractivity contribution is -0.138. The van der Waals surface area contributed by atoms with Crippen LogP contribution in [0, 0.1) is 17.7 Å². The molecule has 3 aromatic rings. The Kier molecular flexibility index (Phi) is 6.03. The Labute approximate surface area is 208 Å². The van der Waals surface area contributed by atoms with E-state index >= 15 is 0 Å². The van der Waals surface area contributed by atoms with Crippen molar-refractivity contribution in [1.29, 1.82) is 0 Å². The fraction of sp³-hybridized carbons (Fsp3) is 0.417. The van der Waals surface area contributed by atoms with Crippen molar-refractivity contribution < 1.29 is 27.5 Å². The van der Waals surface area contributed by atoms with Crippen molar-refractivity contribution in [2.75, 3.05) is 5.32 Å². The number of halogens is 5. The molecule has 0 spiro atoms. The van der Waals surface area contributed by atoms with E-state index in [-0.39, 0.29) is 28.6 Å². The first-order valence-corrected chi connectivity index (χ1v) is 11.7. The maximum absolute atomic E-state index is 13.5. The molecule has 1 amide bonds. The van der Waals surface area contributed by atoms with E-state index in [1.165, 1.54) is 18.2 Å². The number of alkyl halides is 3. The molecular weight excluding hydrogens is 502 g/mol. The minimum absolute atomic E-state index is 0.00249. The fourth-order valence-corrected chi connectivity index (χ4v) is 5.75. The van der Waals surface area contributed by atoms with Gasteiger partial charge in [-0.05, 0) is 55.7 Å². The number of benzene rings is 1. The van der Waals surface area contributed by atoms with Crippen molar-refractivity contribution in [2.24, 2.45) is 18.9 Å². The predicted octanol–water partition coefficient (Wildman–Crippen LogP) is 5.07. The van der Waals surface area contributed by atoms with Crippen LogP contribution in [-0.4, -0.2) is 30.5 Å². The summed E-state index contributed by atoms with van der Waals surface area (Å²) in [5, 5.41) is 13.8. The Morgan fingerprint density at radius 1 is 1.17 bits per heavy atom. The van der Waals surface area contributed by atoms with E-state index in [0.717, 1.165) is 0 Å². The van der Waals surface area contributed by atoms with Crippen LogP contribution < -0.4 is 5.32 Å². The van der Waals surface area contributed by atoms with Crippen LogP contribution >= 0.6 is 11.6 Å². The molecule has 2 fully saturated rings. The topological polar surface area (TPSA) is 92.9 Å². The lowest BCUT2D eigenvalue weighted by atomic mass is 9.91. The van der Waals surface area contributed by atoms with Gasteiger partial charge in [0.1, 0.15) is 17.1 Å². The smallest absolute Gasteiger partial charge is 0.382 e. The second-order valence-corrected chi connectivity index (χ2v) is 10.0. The molecule has 2 atom stereocenters. The summed E-state index contributed by atoms with van der Waals surface area (Å²) in [4.78, 5) is 25.2. The minimum Gasteiger partial charge on any atom is -0.382 e. The van der Waals surface area contributed by atoms with Gasteiger partial charge in [-0.15, -0.1) is 0 Å². The number of aryl methyl sites for hydroxylation is 1. The zero-order valence-corrected chi connectivity index (χ0v) is 19.8. The van der Waals surface area contributed by atoms with Crippen molar-refractivity contribution in [3.8, 4) is 0 Å². The largest absolute Gasteiger partial charge is 0.419 e. The maximum Gasteiger partial charge on any atom is 0.419 e. The molecule has 0 saturated heterocycles. The van der Waals surface area contributed by atoms with E-state index in [9.17, 15) is 27.5 Å². The number of hydrogen-bond acceptors (Lipinski definition) is 5. The molecule has 7 nitrogen and oxygen atoms in total. The molecule has 12 heteroatoms. The normalized spacial score (nSPS) is 25.7. The number of nitrogens with zero attached hydrogens (tertiary/aromatic N) is 4. The van der Waals surface area contributed by atoms with E-state index in [1.54, 1.807) is 17.9 Å². The number of hydrogen-bond donors (Lipinski definition) is 2. The third-order valence-electron chi connectivity index (χ3n) is 7.18. The van der Waals surface area contributed by atoms with E-state index in [4.69, 9.17) is 11.6 Å². The van der Waals surface area contributed by atoms with Gasteiger partial charge in [0.15, 0.2) is 5.82 Å². The number of aliphatic hydroxyl groups is 1. The molecule has 2 aromatic heterocycles. The van der Waals surface area contributed by atoms with Crippen LogP contribution in [0.25, 0.3) is 0 Å². The Hall–Kier alpha value is -3.05. The second kappa shape index (κ2) is 8.81. The molecular formula is C24H22ClF4N5O2. The number of fused-ring (bicyclic) bond motifs is 1. The van der Waals surface area contributed by atoms with Crippen LogP contribution in [-0.2, 0) is 18.8 Å². The number of nitrogens with one attached hydrogen (secondary N) is 1. The van der Waals surface area contributed by atoms with Gasteiger partial charge in [-0.25, -0.2) is 19.3 Å². The number of imidazole rings is 1. The molecule has 2 heterocycles. The highest BCUT2D eigenvalue weighted by molar-refractivity contribution is 6.31. The van der Waals surface area contributed by atoms with Crippen molar-refractivity contribution in [2.45, 2.75) is 43.4 Å². The zero-order chi connectivity index (χ0) is 25.8. The molecule has 0 bridgehead atoms. The lowest BCUT2D eigenvalue weighted by Crippen LogP contribution is -2.26. The Morgan fingerprint density at radius 2 is 1.81 bits per heavy atom. The SMILES string of the molecule is Cn1cnc(C2CC3CC(O)(c4ncc(C(F)(F)F)cn4)CC3C2)c1C(=O)Nc1ccc(F)c(Cl)c1. The highest BCUT2D eigenvalue weighted by Gasteiger charge is 2.52. The number of rotatable bonds is 4. The highest BCUT2D eigenvalue weighted by Crippen LogP contribution is 2.56. The summed E-state index contributed by atoms with van der Waals surface area (Å²) in [6.45, 7) is 0. The number of amides is 1. The summed E-state index contributed by atoms with van der Waals surface area (Å²) < 4.78 is 53.6. The van der Waals surface area contributed by atoms with Crippen molar-refractivity contribution in [3.63, 3.8) is 0 Å². The van der Waals surface area contributed by atoms with Crippen molar-refractivity contribution in [3.05, 3.63) is 70.5 Å². The van der Waals surface area contributed by atoms with E-state index < -0.39 is 29.1 Å². The van der Waals surface area contributed by atoms with Gasteiger partial charge in [0.05, 0.1) is 22.6 Å². The predicted molar refractivity (Wildman–Crippen MR) is 122 cm³/mol. The van der Waals surface area contributed by atoms with Crippen LogP contribution in [0.5, 0.6) is 0 Å². The molecule has 2 unspecified atom stereocenters. The number of anilines is 1. The van der Waals surface area contributed by atoms with Crippen LogP contribution in [0.4, 0.5) is 23.2 Å². The molecule has 0 aliphatic heterocycles. The first kappa shape index (κ1) is 24.6. The summed E-state index contributed by atoms with van der Waals surface area (Å²) >= 11 is 5.81. The van der Waals surface area contributed by atoms with Gasteiger partial charge in [-0.1, -0.05) is 11.6 Å². The first-order chi connectivity index (χ1) is 16.9.